The quantitative estimate of drug-likeness (QED) is 0.392. The van der Waals surface area contributed by atoms with Gasteiger partial charge in [-0.15, -0.1) is 11.6 Å². The van der Waals surface area contributed by atoms with E-state index in [-0.39, 0.29) is 5.00 Å². The Kier molecular flexibility index (Phi) is 1.78. The van der Waals surface area contributed by atoms with E-state index in [9.17, 15) is 0 Å². The average molecular weight is 134 g/mol. The third kappa shape index (κ3) is 1.64. The highest BCUT2D eigenvalue weighted by Gasteiger charge is 2.21. The van der Waals surface area contributed by atoms with E-state index in [0.717, 1.165) is 13.0 Å². The molecule has 0 bridgehead atoms. The summed E-state index contributed by atoms with van der Waals surface area (Å²) < 4.78 is 0. The molecule has 1 fully saturated rings. The summed E-state index contributed by atoms with van der Waals surface area (Å²) in [5.41, 5.74) is 0. The first-order valence-corrected chi connectivity index (χ1v) is 3.52. The van der Waals surface area contributed by atoms with Crippen LogP contribution in [0.15, 0.2) is 0 Å². The Balaban J connectivity index is 2.33. The van der Waals surface area contributed by atoms with Crippen molar-refractivity contribution >= 4 is 11.6 Å². The number of rotatable bonds is 0. The molecule has 0 radical (unpaired) electrons. The van der Waals surface area contributed by atoms with Crippen molar-refractivity contribution < 1.29 is 0 Å². The molecule has 48 valence electrons. The van der Waals surface area contributed by atoms with E-state index in [2.05, 4.69) is 5.32 Å². The first-order chi connectivity index (χ1) is 3.71. The van der Waals surface area contributed by atoms with Gasteiger partial charge in [0, 0.05) is 0 Å². The number of alkyl halides is 1. The van der Waals surface area contributed by atoms with Crippen molar-refractivity contribution in [3.05, 3.63) is 0 Å². The molecule has 1 N–H and O–H groups in total. The smallest absolute Gasteiger partial charge is 0.0907 e. The molecule has 8 heavy (non-hydrogen) atoms. The summed E-state index contributed by atoms with van der Waals surface area (Å²) in [6.07, 6.45) is 3.66. The van der Waals surface area contributed by atoms with Gasteiger partial charge in [0.05, 0.1) is 5.00 Å². The maximum absolute atomic E-state index is 5.96. The molecule has 1 aliphatic heterocycles. The maximum atomic E-state index is 5.96. The monoisotopic (exact) mass is 133 g/mol. The zero-order chi connectivity index (χ0) is 6.04. The second kappa shape index (κ2) is 2.24. The first-order valence-electron chi connectivity index (χ1n) is 3.15. The molecule has 0 amide bonds. The second-order valence-electron chi connectivity index (χ2n) is 2.58. The van der Waals surface area contributed by atoms with Crippen molar-refractivity contribution in [3.8, 4) is 0 Å². The Morgan fingerprint density at radius 2 is 2.25 bits per heavy atom. The molecule has 0 aliphatic carbocycles. The van der Waals surface area contributed by atoms with Gasteiger partial charge in [-0.2, -0.15) is 0 Å². The Hall–Kier alpha value is 0.250. The summed E-state index contributed by atoms with van der Waals surface area (Å²) in [5.74, 6) is 0. The fraction of sp³-hybridized carbons (Fsp3) is 1.00. The predicted octanol–water partition coefficient (Wildman–Crippen LogP) is 1.71. The summed E-state index contributed by atoms with van der Waals surface area (Å²) in [5, 5.41) is 3.22. The minimum atomic E-state index is -0.0990. The highest BCUT2D eigenvalue weighted by molar-refractivity contribution is 6.23. The number of hydrogen-bond donors (Lipinski definition) is 1. The van der Waals surface area contributed by atoms with Crippen molar-refractivity contribution in [2.24, 2.45) is 0 Å². The summed E-state index contributed by atoms with van der Waals surface area (Å²) in [4.78, 5) is -0.0990. The van der Waals surface area contributed by atoms with Crippen LogP contribution < -0.4 is 5.32 Å². The minimum absolute atomic E-state index is 0.0990. The molecule has 1 unspecified atom stereocenters. The van der Waals surface area contributed by atoms with E-state index < -0.39 is 0 Å². The Morgan fingerprint density at radius 3 is 2.50 bits per heavy atom. The lowest BCUT2D eigenvalue weighted by Crippen LogP contribution is -2.40. The van der Waals surface area contributed by atoms with Crippen molar-refractivity contribution in [1.29, 1.82) is 0 Å². The first kappa shape index (κ1) is 6.37. The zero-order valence-electron chi connectivity index (χ0n) is 5.21. The molecule has 0 aromatic rings. The number of piperidine rings is 1. The standard InChI is InChI=1S/C6H12ClN/c1-6(7)4-2-3-5-8-6/h8H,2-5H2,1H3. The fourth-order valence-corrected chi connectivity index (χ4v) is 1.25. The molecule has 0 aromatic heterocycles. The summed E-state index contributed by atoms with van der Waals surface area (Å²) in [6.45, 7) is 3.12. The van der Waals surface area contributed by atoms with Crippen molar-refractivity contribution in [3.63, 3.8) is 0 Å². The SMILES string of the molecule is CC1(Cl)CCCCN1. The maximum Gasteiger partial charge on any atom is 0.0907 e. The van der Waals surface area contributed by atoms with Gasteiger partial charge >= 0.3 is 0 Å². The van der Waals surface area contributed by atoms with Crippen LogP contribution in [0.1, 0.15) is 26.2 Å². The van der Waals surface area contributed by atoms with Crippen LogP contribution in [0, 0.1) is 0 Å². The van der Waals surface area contributed by atoms with Gasteiger partial charge in [0.1, 0.15) is 0 Å². The lowest BCUT2D eigenvalue weighted by Gasteiger charge is -2.28. The van der Waals surface area contributed by atoms with E-state index in [1.165, 1.54) is 12.8 Å². The van der Waals surface area contributed by atoms with Crippen LogP contribution in [0.5, 0.6) is 0 Å². The molecule has 1 aliphatic rings. The summed E-state index contributed by atoms with van der Waals surface area (Å²) >= 11 is 5.96. The molecule has 2 heteroatoms. The third-order valence-electron chi connectivity index (χ3n) is 1.57. The predicted molar refractivity (Wildman–Crippen MR) is 36.1 cm³/mol. The topological polar surface area (TPSA) is 12.0 Å². The van der Waals surface area contributed by atoms with Crippen LogP contribution in [0.25, 0.3) is 0 Å². The van der Waals surface area contributed by atoms with E-state index in [1.54, 1.807) is 0 Å². The van der Waals surface area contributed by atoms with E-state index in [1.807, 2.05) is 6.92 Å². The van der Waals surface area contributed by atoms with Gasteiger partial charge in [0.25, 0.3) is 0 Å². The minimum Gasteiger partial charge on any atom is -0.299 e. The van der Waals surface area contributed by atoms with Crippen molar-refractivity contribution in [1.82, 2.24) is 5.32 Å². The molecule has 1 atom stereocenters. The second-order valence-corrected chi connectivity index (χ2v) is 3.42. The third-order valence-corrected chi connectivity index (χ3v) is 1.89. The lowest BCUT2D eigenvalue weighted by atomic mass is 10.1. The van der Waals surface area contributed by atoms with Gasteiger partial charge in [0.15, 0.2) is 0 Å². The molecule has 1 saturated heterocycles. The van der Waals surface area contributed by atoms with Crippen LogP contribution in [-0.4, -0.2) is 11.5 Å². The van der Waals surface area contributed by atoms with Gasteiger partial charge in [-0.1, -0.05) is 0 Å². The number of halogens is 1. The van der Waals surface area contributed by atoms with E-state index >= 15 is 0 Å². The van der Waals surface area contributed by atoms with Gasteiger partial charge in [-0.05, 0) is 32.7 Å². The van der Waals surface area contributed by atoms with Gasteiger partial charge in [-0.25, -0.2) is 0 Å². The molecule has 0 spiro atoms. The Labute approximate surface area is 55.4 Å². The largest absolute Gasteiger partial charge is 0.299 e. The summed E-state index contributed by atoms with van der Waals surface area (Å²) in [7, 11) is 0. The molecule has 0 aromatic carbocycles. The highest BCUT2D eigenvalue weighted by atomic mass is 35.5. The molecule has 1 heterocycles. The Morgan fingerprint density at radius 1 is 1.50 bits per heavy atom. The Bertz CT molecular complexity index is 72.6. The lowest BCUT2D eigenvalue weighted by molar-refractivity contribution is 0.381. The molecular formula is C6H12ClN. The highest BCUT2D eigenvalue weighted by Crippen LogP contribution is 2.21. The number of hydrogen-bond acceptors (Lipinski definition) is 1. The fourth-order valence-electron chi connectivity index (χ4n) is 1.02. The van der Waals surface area contributed by atoms with Gasteiger partial charge in [-0.3, -0.25) is 5.32 Å². The summed E-state index contributed by atoms with van der Waals surface area (Å²) in [6, 6.07) is 0. The van der Waals surface area contributed by atoms with E-state index in [0.29, 0.717) is 0 Å². The van der Waals surface area contributed by atoms with E-state index in [4.69, 9.17) is 11.6 Å². The number of nitrogens with one attached hydrogen (secondary N) is 1. The van der Waals surface area contributed by atoms with Gasteiger partial charge < -0.3 is 0 Å². The van der Waals surface area contributed by atoms with Crippen LogP contribution >= 0.6 is 11.6 Å². The molecular weight excluding hydrogens is 122 g/mol. The van der Waals surface area contributed by atoms with Crippen LogP contribution in [-0.2, 0) is 0 Å². The van der Waals surface area contributed by atoms with Crippen molar-refractivity contribution in [2.75, 3.05) is 6.54 Å². The molecule has 0 saturated carbocycles. The molecule has 1 nitrogen and oxygen atoms in total. The average Bonchev–Trinajstić information content (AvgIpc) is 1.65. The van der Waals surface area contributed by atoms with Gasteiger partial charge in [0.2, 0.25) is 0 Å². The van der Waals surface area contributed by atoms with Crippen molar-refractivity contribution in [2.45, 2.75) is 31.2 Å². The normalized spacial score (nSPS) is 39.8. The van der Waals surface area contributed by atoms with Crippen LogP contribution in [0.4, 0.5) is 0 Å². The van der Waals surface area contributed by atoms with Crippen LogP contribution in [0.3, 0.4) is 0 Å². The van der Waals surface area contributed by atoms with Crippen LogP contribution in [0.2, 0.25) is 0 Å². The molecule has 1 rings (SSSR count). The zero-order valence-corrected chi connectivity index (χ0v) is 5.96.